The normalized spacial score (nSPS) is 24.0. The molecule has 1 aromatic rings. The van der Waals surface area contributed by atoms with E-state index < -0.39 is 0 Å². The fraction of sp³-hybridized carbons (Fsp3) is 0.700. The maximum Gasteiger partial charge on any atom is 0.107 e. The predicted molar refractivity (Wildman–Crippen MR) is 59.3 cm³/mol. The number of nitrogens with two attached hydrogens (primary N) is 1. The van der Waals surface area contributed by atoms with E-state index in [4.69, 9.17) is 5.73 Å². The topological polar surface area (TPSA) is 42.1 Å². The van der Waals surface area contributed by atoms with Crippen LogP contribution in [0.4, 0.5) is 0 Å². The lowest BCUT2D eigenvalue weighted by Crippen LogP contribution is -2.42. The first-order valence-corrected chi connectivity index (χ1v) is 6.01. The van der Waals surface area contributed by atoms with Gasteiger partial charge in [0.1, 0.15) is 5.01 Å². The number of thiazole rings is 1. The molecular formula is C10H17N3S. The molecule has 4 heteroatoms. The van der Waals surface area contributed by atoms with Crippen molar-refractivity contribution >= 4 is 11.3 Å². The van der Waals surface area contributed by atoms with E-state index in [1.807, 2.05) is 6.92 Å². The van der Waals surface area contributed by atoms with Crippen molar-refractivity contribution in [2.24, 2.45) is 5.73 Å². The van der Waals surface area contributed by atoms with Crippen molar-refractivity contribution in [1.82, 2.24) is 9.88 Å². The average Bonchev–Trinajstić information content (AvgIpc) is 2.51. The summed E-state index contributed by atoms with van der Waals surface area (Å²) >= 11 is 1.75. The zero-order valence-corrected chi connectivity index (χ0v) is 9.39. The minimum atomic E-state index is 0.366. The van der Waals surface area contributed by atoms with Crippen molar-refractivity contribution in [3.05, 3.63) is 16.1 Å². The number of aromatic nitrogens is 1. The maximum absolute atomic E-state index is 5.93. The Morgan fingerprint density at radius 3 is 3.21 bits per heavy atom. The molecule has 2 heterocycles. The molecule has 3 nitrogen and oxygen atoms in total. The molecule has 1 fully saturated rings. The molecule has 1 saturated heterocycles. The van der Waals surface area contributed by atoms with Crippen LogP contribution in [0, 0.1) is 6.92 Å². The first kappa shape index (κ1) is 10.1. The summed E-state index contributed by atoms with van der Waals surface area (Å²) in [4.78, 5) is 6.88. The quantitative estimate of drug-likeness (QED) is 0.803. The molecule has 1 aromatic heterocycles. The van der Waals surface area contributed by atoms with Gasteiger partial charge in [0, 0.05) is 23.7 Å². The van der Waals surface area contributed by atoms with Crippen LogP contribution in [0.1, 0.15) is 23.5 Å². The van der Waals surface area contributed by atoms with E-state index in [9.17, 15) is 0 Å². The number of hydrogen-bond donors (Lipinski definition) is 1. The second-order valence-electron chi connectivity index (χ2n) is 4.02. The van der Waals surface area contributed by atoms with E-state index in [1.165, 1.54) is 24.4 Å². The van der Waals surface area contributed by atoms with Gasteiger partial charge in [-0.25, -0.2) is 4.98 Å². The smallest absolute Gasteiger partial charge is 0.107 e. The Morgan fingerprint density at radius 1 is 1.71 bits per heavy atom. The Kier molecular flexibility index (Phi) is 3.15. The van der Waals surface area contributed by atoms with E-state index in [0.29, 0.717) is 6.04 Å². The third-order valence-corrected chi connectivity index (χ3v) is 3.52. The first-order valence-electron chi connectivity index (χ1n) is 5.13. The molecule has 0 spiro atoms. The summed E-state index contributed by atoms with van der Waals surface area (Å²) < 4.78 is 0. The Bertz CT molecular complexity index is 297. The molecular weight excluding hydrogens is 194 g/mol. The van der Waals surface area contributed by atoms with Crippen molar-refractivity contribution in [2.45, 2.75) is 32.4 Å². The van der Waals surface area contributed by atoms with Gasteiger partial charge in [0.25, 0.3) is 0 Å². The Hall–Kier alpha value is -0.450. The molecule has 0 aliphatic carbocycles. The number of hydrogen-bond acceptors (Lipinski definition) is 4. The van der Waals surface area contributed by atoms with E-state index in [2.05, 4.69) is 15.3 Å². The summed E-state index contributed by atoms with van der Waals surface area (Å²) in [5, 5.41) is 3.33. The molecule has 0 aromatic carbocycles. The van der Waals surface area contributed by atoms with Gasteiger partial charge in [-0.2, -0.15) is 0 Å². The third kappa shape index (κ3) is 2.53. The van der Waals surface area contributed by atoms with Gasteiger partial charge in [0.05, 0.1) is 6.54 Å². The molecule has 0 radical (unpaired) electrons. The van der Waals surface area contributed by atoms with E-state index in [1.54, 1.807) is 11.3 Å². The van der Waals surface area contributed by atoms with Crippen LogP contribution in [0.25, 0.3) is 0 Å². The van der Waals surface area contributed by atoms with Gasteiger partial charge in [-0.15, -0.1) is 11.3 Å². The van der Waals surface area contributed by atoms with E-state index in [-0.39, 0.29) is 0 Å². The van der Waals surface area contributed by atoms with Crippen LogP contribution in [0.2, 0.25) is 0 Å². The highest BCUT2D eigenvalue weighted by atomic mass is 32.1. The molecule has 0 amide bonds. The van der Waals surface area contributed by atoms with Crippen LogP contribution < -0.4 is 5.73 Å². The van der Waals surface area contributed by atoms with Crippen LogP contribution >= 0.6 is 11.3 Å². The molecule has 1 atom stereocenters. The first-order chi connectivity index (χ1) is 6.74. The number of aryl methyl sites for hydroxylation is 1. The lowest BCUT2D eigenvalue weighted by molar-refractivity contribution is 0.201. The molecule has 1 aliphatic heterocycles. The minimum Gasteiger partial charge on any atom is -0.327 e. The van der Waals surface area contributed by atoms with E-state index in [0.717, 1.165) is 18.8 Å². The number of rotatable bonds is 2. The molecule has 1 aliphatic rings. The van der Waals surface area contributed by atoms with Crippen LogP contribution in [0.5, 0.6) is 0 Å². The highest BCUT2D eigenvalue weighted by molar-refractivity contribution is 7.09. The average molecular weight is 211 g/mol. The Labute approximate surface area is 88.9 Å². The van der Waals surface area contributed by atoms with Crippen molar-refractivity contribution in [2.75, 3.05) is 13.1 Å². The summed E-state index contributed by atoms with van der Waals surface area (Å²) in [6.07, 6.45) is 2.40. The summed E-state index contributed by atoms with van der Waals surface area (Å²) in [7, 11) is 0. The predicted octanol–water partition coefficient (Wildman–Crippen LogP) is 1.37. The molecule has 78 valence electrons. The van der Waals surface area contributed by atoms with Gasteiger partial charge in [-0.1, -0.05) is 0 Å². The minimum absolute atomic E-state index is 0.366. The largest absolute Gasteiger partial charge is 0.327 e. The van der Waals surface area contributed by atoms with Gasteiger partial charge in [-0.3, -0.25) is 4.90 Å². The fourth-order valence-corrected chi connectivity index (χ4v) is 2.71. The maximum atomic E-state index is 5.93. The second-order valence-corrected chi connectivity index (χ2v) is 4.96. The summed E-state index contributed by atoms with van der Waals surface area (Å²) in [5.41, 5.74) is 7.06. The number of nitrogens with zero attached hydrogens (tertiary/aromatic N) is 2. The highest BCUT2D eigenvalue weighted by Gasteiger charge is 2.17. The second kappa shape index (κ2) is 4.38. The van der Waals surface area contributed by atoms with Crippen molar-refractivity contribution < 1.29 is 0 Å². The van der Waals surface area contributed by atoms with Crippen LogP contribution in [-0.2, 0) is 6.54 Å². The van der Waals surface area contributed by atoms with Gasteiger partial charge in [-0.05, 0) is 26.3 Å². The summed E-state index contributed by atoms with van der Waals surface area (Å²) in [5.74, 6) is 0. The monoisotopic (exact) mass is 211 g/mol. The molecule has 2 N–H and O–H groups in total. The van der Waals surface area contributed by atoms with Gasteiger partial charge >= 0.3 is 0 Å². The molecule has 0 saturated carbocycles. The zero-order chi connectivity index (χ0) is 9.97. The summed E-state index contributed by atoms with van der Waals surface area (Å²) in [6.45, 7) is 5.22. The lowest BCUT2D eigenvalue weighted by Gasteiger charge is -2.29. The van der Waals surface area contributed by atoms with Crippen molar-refractivity contribution in [1.29, 1.82) is 0 Å². The van der Waals surface area contributed by atoms with Crippen LogP contribution in [-0.4, -0.2) is 29.0 Å². The highest BCUT2D eigenvalue weighted by Crippen LogP contribution is 2.15. The number of piperidine rings is 1. The molecule has 0 bridgehead atoms. The molecule has 2 rings (SSSR count). The third-order valence-electron chi connectivity index (χ3n) is 2.57. The molecule has 14 heavy (non-hydrogen) atoms. The number of likely N-dealkylation sites (tertiary alicyclic amines) is 1. The SMILES string of the molecule is Cc1csc(CN2CCCC(N)C2)n1. The van der Waals surface area contributed by atoms with Crippen molar-refractivity contribution in [3.8, 4) is 0 Å². The van der Waals surface area contributed by atoms with Gasteiger partial charge < -0.3 is 5.73 Å². The van der Waals surface area contributed by atoms with Crippen molar-refractivity contribution in [3.63, 3.8) is 0 Å². The van der Waals surface area contributed by atoms with E-state index >= 15 is 0 Å². The van der Waals surface area contributed by atoms with Crippen LogP contribution in [0.15, 0.2) is 5.38 Å². The summed E-state index contributed by atoms with van der Waals surface area (Å²) in [6, 6.07) is 0.366. The fourth-order valence-electron chi connectivity index (χ4n) is 1.90. The zero-order valence-electron chi connectivity index (χ0n) is 8.57. The van der Waals surface area contributed by atoms with Gasteiger partial charge in [0.2, 0.25) is 0 Å². The standard InChI is InChI=1S/C10H17N3S/c1-8-7-14-10(12-8)6-13-4-2-3-9(11)5-13/h7,9H,2-6,11H2,1H3. The molecule has 1 unspecified atom stereocenters. The lowest BCUT2D eigenvalue weighted by atomic mass is 10.1. The Morgan fingerprint density at radius 2 is 2.57 bits per heavy atom. The Balaban J connectivity index is 1.90. The van der Waals surface area contributed by atoms with Crippen LogP contribution in [0.3, 0.4) is 0 Å². The van der Waals surface area contributed by atoms with Gasteiger partial charge in [0.15, 0.2) is 0 Å².